The molecule has 2 heterocycles. The molecular formula is C18H22F2N2O2. The van der Waals surface area contributed by atoms with Gasteiger partial charge >= 0.3 is 0 Å². The van der Waals surface area contributed by atoms with Gasteiger partial charge in [-0.15, -0.1) is 0 Å². The summed E-state index contributed by atoms with van der Waals surface area (Å²) >= 11 is 0. The van der Waals surface area contributed by atoms with Crippen molar-refractivity contribution >= 4 is 5.91 Å². The van der Waals surface area contributed by atoms with Crippen LogP contribution in [-0.2, 0) is 0 Å². The van der Waals surface area contributed by atoms with Crippen LogP contribution < -0.4 is 0 Å². The Morgan fingerprint density at radius 3 is 2.42 bits per heavy atom. The normalized spacial score (nSPS) is 26.0. The molecule has 1 aromatic rings. The molecule has 0 radical (unpaired) electrons. The summed E-state index contributed by atoms with van der Waals surface area (Å²) in [6, 6.07) is 2.95. The molecule has 1 atom stereocenters. The second kappa shape index (κ2) is 5.77. The molecule has 4 nitrogen and oxygen atoms in total. The molecule has 1 amide bonds. The van der Waals surface area contributed by atoms with E-state index in [4.69, 9.17) is 0 Å². The largest absolute Gasteiger partial charge is 0.396 e. The SMILES string of the molecule is O=C(c1cc(F)cc(F)c1)N1CC2(CC(CO)CN2CC2CC2)C1. The predicted molar refractivity (Wildman–Crippen MR) is 84.5 cm³/mol. The zero-order chi connectivity index (χ0) is 16.9. The van der Waals surface area contributed by atoms with Crippen LogP contribution in [0.2, 0.25) is 0 Å². The zero-order valence-electron chi connectivity index (χ0n) is 13.5. The minimum absolute atomic E-state index is 0.0580. The van der Waals surface area contributed by atoms with Crippen molar-refractivity contribution in [1.29, 1.82) is 0 Å². The Kier molecular flexibility index (Phi) is 3.84. The van der Waals surface area contributed by atoms with E-state index in [0.717, 1.165) is 43.6 Å². The minimum atomic E-state index is -0.731. The standard InChI is InChI=1S/C18H22F2N2O2/c19-15-3-14(4-16(20)5-15)17(24)21-10-18(11-21)6-13(9-23)8-22(18)7-12-1-2-12/h3-5,12-13,23H,1-2,6-11H2. The molecule has 6 heteroatoms. The van der Waals surface area contributed by atoms with E-state index in [0.29, 0.717) is 13.1 Å². The molecular weight excluding hydrogens is 314 g/mol. The smallest absolute Gasteiger partial charge is 0.254 e. The van der Waals surface area contributed by atoms with Crippen LogP contribution in [0.3, 0.4) is 0 Å². The molecule has 2 saturated heterocycles. The van der Waals surface area contributed by atoms with Crippen LogP contribution in [0.5, 0.6) is 0 Å². The summed E-state index contributed by atoms with van der Waals surface area (Å²) in [5.74, 6) is -0.776. The summed E-state index contributed by atoms with van der Waals surface area (Å²) in [7, 11) is 0. The van der Waals surface area contributed by atoms with Gasteiger partial charge in [-0.3, -0.25) is 9.69 Å². The first-order chi connectivity index (χ1) is 11.5. The number of rotatable bonds is 4. The lowest BCUT2D eigenvalue weighted by Gasteiger charge is -2.53. The highest BCUT2D eigenvalue weighted by Gasteiger charge is 2.55. The second-order valence-electron chi connectivity index (χ2n) is 7.64. The summed E-state index contributed by atoms with van der Waals surface area (Å²) < 4.78 is 26.7. The third-order valence-electron chi connectivity index (χ3n) is 5.62. The van der Waals surface area contributed by atoms with Crippen LogP contribution in [0.4, 0.5) is 8.78 Å². The Hall–Kier alpha value is -1.53. The third kappa shape index (κ3) is 2.82. The van der Waals surface area contributed by atoms with E-state index in [2.05, 4.69) is 4.90 Å². The molecule has 24 heavy (non-hydrogen) atoms. The van der Waals surface area contributed by atoms with E-state index < -0.39 is 11.6 Å². The molecule has 3 fully saturated rings. The first-order valence-electron chi connectivity index (χ1n) is 8.60. The van der Waals surface area contributed by atoms with E-state index in [-0.39, 0.29) is 29.5 Å². The van der Waals surface area contributed by atoms with Crippen molar-refractivity contribution in [3.05, 3.63) is 35.4 Å². The number of carbonyl (C=O) groups is 1. The van der Waals surface area contributed by atoms with Gasteiger partial charge in [-0.25, -0.2) is 8.78 Å². The summed E-state index contributed by atoms with van der Waals surface area (Å²) in [4.78, 5) is 16.6. The minimum Gasteiger partial charge on any atom is -0.396 e. The number of hydrogen-bond donors (Lipinski definition) is 1. The molecule has 1 saturated carbocycles. The highest BCUT2D eigenvalue weighted by molar-refractivity contribution is 5.95. The fourth-order valence-electron chi connectivity index (χ4n) is 4.24. The van der Waals surface area contributed by atoms with Gasteiger partial charge in [-0.2, -0.15) is 0 Å². The van der Waals surface area contributed by atoms with Gasteiger partial charge in [0.1, 0.15) is 11.6 Å². The molecule has 130 valence electrons. The molecule has 1 N–H and O–H groups in total. The Balaban J connectivity index is 1.46. The number of benzene rings is 1. The van der Waals surface area contributed by atoms with Crippen LogP contribution >= 0.6 is 0 Å². The molecule has 0 aromatic heterocycles. The molecule has 3 aliphatic rings. The third-order valence-corrected chi connectivity index (χ3v) is 5.62. The Labute approximate surface area is 140 Å². The highest BCUT2D eigenvalue weighted by Crippen LogP contribution is 2.43. The lowest BCUT2D eigenvalue weighted by molar-refractivity contribution is -0.0200. The fraction of sp³-hybridized carbons (Fsp3) is 0.611. The summed E-state index contributed by atoms with van der Waals surface area (Å²) in [5, 5.41) is 9.51. The van der Waals surface area contributed by atoms with Crippen molar-refractivity contribution in [2.45, 2.75) is 24.8 Å². The monoisotopic (exact) mass is 336 g/mol. The number of hydrogen-bond acceptors (Lipinski definition) is 3. The maximum absolute atomic E-state index is 13.3. The molecule has 1 unspecified atom stereocenters. The topological polar surface area (TPSA) is 43.8 Å². The molecule has 0 bridgehead atoms. The van der Waals surface area contributed by atoms with Crippen LogP contribution in [0.1, 0.15) is 29.6 Å². The lowest BCUT2D eigenvalue weighted by Crippen LogP contribution is -2.69. The average Bonchev–Trinajstić information content (AvgIpc) is 3.23. The predicted octanol–water partition coefficient (Wildman–Crippen LogP) is 1.88. The van der Waals surface area contributed by atoms with Crippen molar-refractivity contribution in [3.63, 3.8) is 0 Å². The molecule has 4 rings (SSSR count). The van der Waals surface area contributed by atoms with Crippen molar-refractivity contribution in [2.75, 3.05) is 32.8 Å². The molecule has 1 spiro atoms. The van der Waals surface area contributed by atoms with Gasteiger partial charge in [0, 0.05) is 44.4 Å². The van der Waals surface area contributed by atoms with Crippen molar-refractivity contribution in [1.82, 2.24) is 9.80 Å². The van der Waals surface area contributed by atoms with Crippen LogP contribution in [-0.4, -0.2) is 59.1 Å². The van der Waals surface area contributed by atoms with Crippen LogP contribution in [0.25, 0.3) is 0 Å². The number of likely N-dealkylation sites (tertiary alicyclic amines) is 2. The van der Waals surface area contributed by atoms with E-state index in [9.17, 15) is 18.7 Å². The summed E-state index contributed by atoms with van der Waals surface area (Å²) in [5.41, 5.74) is 0.00476. The number of nitrogens with zero attached hydrogens (tertiary/aromatic N) is 2. The van der Waals surface area contributed by atoms with Gasteiger partial charge in [-0.1, -0.05) is 0 Å². The number of aliphatic hydroxyl groups is 1. The number of amides is 1. The highest BCUT2D eigenvalue weighted by atomic mass is 19.1. The van der Waals surface area contributed by atoms with Gasteiger partial charge in [0.25, 0.3) is 5.91 Å². The Morgan fingerprint density at radius 1 is 1.17 bits per heavy atom. The average molecular weight is 336 g/mol. The maximum Gasteiger partial charge on any atom is 0.254 e. The number of carbonyl (C=O) groups excluding carboxylic acids is 1. The fourth-order valence-corrected chi connectivity index (χ4v) is 4.24. The van der Waals surface area contributed by atoms with Gasteiger partial charge in [0.2, 0.25) is 0 Å². The van der Waals surface area contributed by atoms with E-state index in [1.165, 1.54) is 12.8 Å². The van der Waals surface area contributed by atoms with Crippen molar-refractivity contribution in [2.24, 2.45) is 11.8 Å². The van der Waals surface area contributed by atoms with Crippen LogP contribution in [0.15, 0.2) is 18.2 Å². The maximum atomic E-state index is 13.3. The summed E-state index contributed by atoms with van der Waals surface area (Å²) in [6.45, 7) is 3.24. The van der Waals surface area contributed by atoms with Crippen LogP contribution in [0, 0.1) is 23.5 Å². The van der Waals surface area contributed by atoms with Gasteiger partial charge < -0.3 is 10.0 Å². The second-order valence-corrected chi connectivity index (χ2v) is 7.64. The van der Waals surface area contributed by atoms with E-state index in [1.54, 1.807) is 4.90 Å². The molecule has 2 aliphatic heterocycles. The van der Waals surface area contributed by atoms with Gasteiger partial charge in [0.15, 0.2) is 0 Å². The van der Waals surface area contributed by atoms with E-state index >= 15 is 0 Å². The number of halogens is 2. The lowest BCUT2D eigenvalue weighted by atomic mass is 9.84. The van der Waals surface area contributed by atoms with Crippen molar-refractivity contribution in [3.8, 4) is 0 Å². The first-order valence-corrected chi connectivity index (χ1v) is 8.60. The zero-order valence-corrected chi connectivity index (χ0v) is 13.5. The first kappa shape index (κ1) is 16.0. The van der Waals surface area contributed by atoms with E-state index in [1.807, 2.05) is 0 Å². The number of aliphatic hydroxyl groups excluding tert-OH is 1. The Morgan fingerprint density at radius 2 is 1.83 bits per heavy atom. The summed E-state index contributed by atoms with van der Waals surface area (Å²) in [6.07, 6.45) is 3.42. The Bertz CT molecular complexity index is 636. The van der Waals surface area contributed by atoms with Gasteiger partial charge in [-0.05, 0) is 43.2 Å². The molecule has 1 aliphatic carbocycles. The van der Waals surface area contributed by atoms with Gasteiger partial charge in [0.05, 0.1) is 5.54 Å². The molecule has 1 aromatic carbocycles. The van der Waals surface area contributed by atoms with Crippen molar-refractivity contribution < 1.29 is 18.7 Å². The quantitative estimate of drug-likeness (QED) is 0.913.